The number of aliphatic hydroxyl groups is 1. The van der Waals surface area contributed by atoms with Crippen molar-refractivity contribution in [3.05, 3.63) is 80.1 Å². The standard InChI is InChI=1S/C26H28O4S2/c27-15-3-1-11-25(13-9-20(29-25)18-22-6-5-17-31-22)24-8-7-23(32-24)19-21-10-14-26(30-21)12-2-4-16-28-26/h5-10,13-14,17-19,27H,1-4,11-12,15-16H2/t25-,26-/m1/s1. The summed E-state index contributed by atoms with van der Waals surface area (Å²) in [6, 6.07) is 8.42. The molecule has 2 aromatic heterocycles. The SMILES string of the molecule is OCCCC[C@]1(c2ccc(C=C3C=C[C@@]4(CCCCO4)O3)s2)C=CC(=Cc2cccs2)O1. The molecule has 0 unspecified atom stereocenters. The highest BCUT2D eigenvalue weighted by Crippen LogP contribution is 2.44. The number of thiophene rings is 2. The highest BCUT2D eigenvalue weighted by Gasteiger charge is 2.38. The van der Waals surface area contributed by atoms with Gasteiger partial charge in [-0.1, -0.05) is 6.07 Å². The van der Waals surface area contributed by atoms with Gasteiger partial charge in [0.05, 0.1) is 11.5 Å². The maximum atomic E-state index is 9.28. The highest BCUT2D eigenvalue weighted by molar-refractivity contribution is 7.13. The normalized spacial score (nSPS) is 29.3. The lowest BCUT2D eigenvalue weighted by Gasteiger charge is -2.31. The van der Waals surface area contributed by atoms with E-state index in [1.165, 1.54) is 9.75 Å². The average molecular weight is 469 g/mol. The molecule has 1 saturated heterocycles. The van der Waals surface area contributed by atoms with Crippen molar-refractivity contribution >= 4 is 34.8 Å². The molecule has 3 aliphatic heterocycles. The van der Waals surface area contributed by atoms with Crippen molar-refractivity contribution in [1.82, 2.24) is 0 Å². The molecule has 4 nitrogen and oxygen atoms in total. The first-order valence-corrected chi connectivity index (χ1v) is 13.0. The Balaban J connectivity index is 1.35. The van der Waals surface area contributed by atoms with Crippen molar-refractivity contribution in [3.8, 4) is 0 Å². The summed E-state index contributed by atoms with van der Waals surface area (Å²) >= 11 is 3.42. The smallest absolute Gasteiger partial charge is 0.230 e. The molecule has 0 aromatic carbocycles. The zero-order chi connectivity index (χ0) is 21.9. The summed E-state index contributed by atoms with van der Waals surface area (Å²) in [4.78, 5) is 3.47. The zero-order valence-electron chi connectivity index (χ0n) is 18.0. The highest BCUT2D eigenvalue weighted by atomic mass is 32.1. The van der Waals surface area contributed by atoms with Crippen LogP contribution in [0.1, 0.15) is 53.2 Å². The van der Waals surface area contributed by atoms with Gasteiger partial charge in [-0.05, 0) is 92.1 Å². The Labute approximate surface area is 197 Å². The van der Waals surface area contributed by atoms with Gasteiger partial charge in [0.25, 0.3) is 0 Å². The molecule has 2 aromatic rings. The van der Waals surface area contributed by atoms with E-state index >= 15 is 0 Å². The molecule has 1 fully saturated rings. The number of hydrogen-bond donors (Lipinski definition) is 1. The van der Waals surface area contributed by atoms with Gasteiger partial charge in [0.2, 0.25) is 5.79 Å². The Morgan fingerprint density at radius 1 is 0.969 bits per heavy atom. The largest absolute Gasteiger partial charge is 0.478 e. The molecular formula is C26H28O4S2. The lowest BCUT2D eigenvalue weighted by atomic mass is 9.95. The second-order valence-corrected chi connectivity index (χ2v) is 10.5. The van der Waals surface area contributed by atoms with Gasteiger partial charge in [-0.3, -0.25) is 0 Å². The van der Waals surface area contributed by atoms with Crippen molar-refractivity contribution in [3.63, 3.8) is 0 Å². The molecule has 6 heteroatoms. The maximum absolute atomic E-state index is 9.28. The molecule has 1 spiro atoms. The van der Waals surface area contributed by atoms with E-state index in [0.717, 1.165) is 61.5 Å². The van der Waals surface area contributed by atoms with Crippen LogP contribution in [-0.2, 0) is 19.8 Å². The average Bonchev–Trinajstić information content (AvgIpc) is 3.59. The van der Waals surface area contributed by atoms with Crippen LogP contribution in [0.3, 0.4) is 0 Å². The van der Waals surface area contributed by atoms with Gasteiger partial charge >= 0.3 is 0 Å². The van der Waals surface area contributed by atoms with E-state index in [1.54, 1.807) is 22.7 Å². The fourth-order valence-corrected chi connectivity index (χ4v) is 6.07. The minimum absolute atomic E-state index is 0.201. The van der Waals surface area contributed by atoms with Gasteiger partial charge in [0.1, 0.15) is 11.5 Å². The van der Waals surface area contributed by atoms with Crippen LogP contribution < -0.4 is 0 Å². The molecule has 3 aliphatic rings. The van der Waals surface area contributed by atoms with E-state index in [-0.39, 0.29) is 6.61 Å². The quantitative estimate of drug-likeness (QED) is 0.464. The third-order valence-corrected chi connectivity index (χ3v) is 8.00. The van der Waals surface area contributed by atoms with Gasteiger partial charge in [-0.15, -0.1) is 22.7 Å². The molecule has 0 aliphatic carbocycles. The van der Waals surface area contributed by atoms with Crippen molar-refractivity contribution in [1.29, 1.82) is 0 Å². The van der Waals surface area contributed by atoms with E-state index < -0.39 is 11.4 Å². The number of rotatable bonds is 7. The molecule has 5 heterocycles. The van der Waals surface area contributed by atoms with Crippen LogP contribution in [0.15, 0.2) is 65.5 Å². The number of unbranched alkanes of at least 4 members (excludes halogenated alkanes) is 1. The second kappa shape index (κ2) is 9.40. The molecule has 0 bridgehead atoms. The van der Waals surface area contributed by atoms with Crippen molar-refractivity contribution in [2.24, 2.45) is 0 Å². The third-order valence-electron chi connectivity index (χ3n) is 5.99. The maximum Gasteiger partial charge on any atom is 0.230 e. The Hall–Kier alpha value is -2.12. The predicted molar refractivity (Wildman–Crippen MR) is 130 cm³/mol. The summed E-state index contributed by atoms with van der Waals surface area (Å²) in [6.07, 6.45) is 18.1. The first-order chi connectivity index (χ1) is 15.7. The lowest BCUT2D eigenvalue weighted by Crippen LogP contribution is -2.34. The number of allylic oxidation sites excluding steroid dienone is 2. The Bertz CT molecular complexity index is 1040. The van der Waals surface area contributed by atoms with Crippen molar-refractivity contribution in [2.75, 3.05) is 13.2 Å². The molecule has 5 rings (SSSR count). The van der Waals surface area contributed by atoms with Crippen LogP contribution in [0, 0.1) is 0 Å². The fourth-order valence-electron chi connectivity index (χ4n) is 4.33. The number of aliphatic hydroxyl groups excluding tert-OH is 1. The predicted octanol–water partition coefficient (Wildman–Crippen LogP) is 6.62. The van der Waals surface area contributed by atoms with E-state index in [4.69, 9.17) is 14.2 Å². The topological polar surface area (TPSA) is 47.9 Å². The van der Waals surface area contributed by atoms with Crippen LogP contribution in [0.4, 0.5) is 0 Å². The molecule has 0 saturated carbocycles. The van der Waals surface area contributed by atoms with E-state index in [1.807, 2.05) is 18.2 Å². The van der Waals surface area contributed by atoms with Crippen molar-refractivity contribution in [2.45, 2.75) is 49.9 Å². The molecule has 32 heavy (non-hydrogen) atoms. The first-order valence-electron chi connectivity index (χ1n) is 11.3. The molecule has 0 amide bonds. The van der Waals surface area contributed by atoms with Gasteiger partial charge in [0, 0.05) is 22.8 Å². The third kappa shape index (κ3) is 4.64. The number of ether oxygens (including phenoxy) is 3. The summed E-state index contributed by atoms with van der Waals surface area (Å²) in [5, 5.41) is 11.4. The van der Waals surface area contributed by atoms with Crippen LogP contribution >= 0.6 is 22.7 Å². The van der Waals surface area contributed by atoms with E-state index in [9.17, 15) is 5.11 Å². The van der Waals surface area contributed by atoms with Crippen molar-refractivity contribution < 1.29 is 19.3 Å². The zero-order valence-corrected chi connectivity index (χ0v) is 19.6. The summed E-state index contributed by atoms with van der Waals surface area (Å²) in [6.45, 7) is 0.953. The molecule has 168 valence electrons. The monoisotopic (exact) mass is 468 g/mol. The van der Waals surface area contributed by atoms with Gasteiger partial charge in [0.15, 0.2) is 5.60 Å². The van der Waals surface area contributed by atoms with E-state index in [0.29, 0.717) is 0 Å². The van der Waals surface area contributed by atoms with Gasteiger partial charge in [-0.2, -0.15) is 0 Å². The van der Waals surface area contributed by atoms with Crippen LogP contribution in [0.5, 0.6) is 0 Å². The van der Waals surface area contributed by atoms with Gasteiger partial charge < -0.3 is 19.3 Å². The summed E-state index contributed by atoms with van der Waals surface area (Å²) in [5.74, 6) is 1.16. The minimum Gasteiger partial charge on any atom is -0.478 e. The van der Waals surface area contributed by atoms with Gasteiger partial charge in [-0.25, -0.2) is 0 Å². The Morgan fingerprint density at radius 3 is 2.66 bits per heavy atom. The fraction of sp³-hybridized carbons (Fsp3) is 0.385. The van der Waals surface area contributed by atoms with Crippen LogP contribution in [0.25, 0.3) is 12.2 Å². The second-order valence-electron chi connectivity index (χ2n) is 8.37. The Morgan fingerprint density at radius 2 is 1.84 bits per heavy atom. The van der Waals surface area contributed by atoms with E-state index in [2.05, 4.69) is 47.9 Å². The molecular weight excluding hydrogens is 440 g/mol. The Kier molecular flexibility index (Phi) is 6.37. The molecule has 2 atom stereocenters. The number of hydrogen-bond acceptors (Lipinski definition) is 6. The molecule has 1 N–H and O–H groups in total. The lowest BCUT2D eigenvalue weighted by molar-refractivity contribution is -0.191. The minimum atomic E-state index is -0.561. The van der Waals surface area contributed by atoms with Crippen LogP contribution in [-0.4, -0.2) is 24.1 Å². The van der Waals surface area contributed by atoms with Crippen LogP contribution in [0.2, 0.25) is 0 Å². The molecule has 0 radical (unpaired) electrons. The summed E-state index contributed by atoms with van der Waals surface area (Å²) < 4.78 is 18.6. The summed E-state index contributed by atoms with van der Waals surface area (Å²) in [7, 11) is 0. The summed E-state index contributed by atoms with van der Waals surface area (Å²) in [5.41, 5.74) is -0.486. The first kappa shape index (κ1) is 21.7.